The van der Waals surface area contributed by atoms with Crippen molar-refractivity contribution in [1.29, 1.82) is 0 Å². The van der Waals surface area contributed by atoms with Gasteiger partial charge in [0.25, 0.3) is 5.69 Å². The third kappa shape index (κ3) is 2.33. The lowest BCUT2D eigenvalue weighted by Gasteiger charge is -2.27. The number of halogens is 1. The van der Waals surface area contributed by atoms with Gasteiger partial charge in [-0.3, -0.25) is 10.1 Å². The second kappa shape index (κ2) is 5.18. The summed E-state index contributed by atoms with van der Waals surface area (Å²) >= 11 is 6.14. The first-order chi connectivity index (χ1) is 9.99. The SMILES string of the molecule is O=C(O)C1C2CCCC2CN1c1ccc([N+](=O)[O-])cc1Cl. The zero-order valence-corrected chi connectivity index (χ0v) is 12.0. The summed E-state index contributed by atoms with van der Waals surface area (Å²) in [5, 5.41) is 20.5. The van der Waals surface area contributed by atoms with Crippen molar-refractivity contribution in [3.8, 4) is 0 Å². The molecule has 1 N–H and O–H groups in total. The predicted octanol–water partition coefficient (Wildman–Crippen LogP) is 2.94. The Morgan fingerprint density at radius 1 is 1.43 bits per heavy atom. The second-order valence-corrected chi connectivity index (χ2v) is 6.09. The first-order valence-corrected chi connectivity index (χ1v) is 7.30. The smallest absolute Gasteiger partial charge is 0.326 e. The summed E-state index contributed by atoms with van der Waals surface area (Å²) in [6, 6.07) is 3.62. The summed E-state index contributed by atoms with van der Waals surface area (Å²) in [6.45, 7) is 0.652. The summed E-state index contributed by atoms with van der Waals surface area (Å²) < 4.78 is 0. The molecule has 1 aromatic carbocycles. The van der Waals surface area contributed by atoms with Gasteiger partial charge in [-0.25, -0.2) is 4.79 Å². The number of non-ortho nitro benzene ring substituents is 1. The summed E-state index contributed by atoms with van der Waals surface area (Å²) in [5.41, 5.74) is 0.485. The summed E-state index contributed by atoms with van der Waals surface area (Å²) in [4.78, 5) is 23.7. The number of aliphatic carboxylic acids is 1. The number of carbonyl (C=O) groups is 1. The van der Waals surface area contributed by atoms with Crippen LogP contribution >= 0.6 is 11.6 Å². The fraction of sp³-hybridized carbons (Fsp3) is 0.500. The Morgan fingerprint density at radius 3 is 2.81 bits per heavy atom. The monoisotopic (exact) mass is 310 g/mol. The molecular weight excluding hydrogens is 296 g/mol. The van der Waals surface area contributed by atoms with Crippen molar-refractivity contribution in [3.05, 3.63) is 33.3 Å². The first kappa shape index (κ1) is 14.1. The molecule has 0 amide bonds. The van der Waals surface area contributed by atoms with Crippen LogP contribution in [-0.2, 0) is 4.79 Å². The molecule has 0 bridgehead atoms. The highest BCUT2D eigenvalue weighted by molar-refractivity contribution is 6.33. The van der Waals surface area contributed by atoms with Gasteiger partial charge >= 0.3 is 5.97 Å². The Balaban J connectivity index is 1.96. The van der Waals surface area contributed by atoms with Crippen LogP contribution in [0.5, 0.6) is 0 Å². The van der Waals surface area contributed by atoms with Gasteiger partial charge in [0.2, 0.25) is 0 Å². The van der Waals surface area contributed by atoms with E-state index in [9.17, 15) is 20.0 Å². The summed E-state index contributed by atoms with van der Waals surface area (Å²) in [6.07, 6.45) is 3.03. The third-order valence-corrected chi connectivity index (χ3v) is 4.90. The number of carboxylic acid groups (broad SMARTS) is 1. The number of nitro benzene ring substituents is 1. The lowest BCUT2D eigenvalue weighted by molar-refractivity contribution is -0.384. The van der Waals surface area contributed by atoms with Gasteiger partial charge in [0, 0.05) is 18.7 Å². The zero-order chi connectivity index (χ0) is 15.1. The zero-order valence-electron chi connectivity index (χ0n) is 11.2. The molecule has 1 saturated heterocycles. The predicted molar refractivity (Wildman–Crippen MR) is 77.7 cm³/mol. The standard InChI is InChI=1S/C14H15ClN2O4/c15-11-6-9(17(20)21)4-5-12(11)16-7-8-2-1-3-10(8)13(16)14(18)19/h4-6,8,10,13H,1-3,7H2,(H,18,19). The molecule has 1 aliphatic carbocycles. The van der Waals surface area contributed by atoms with Crippen molar-refractivity contribution in [2.75, 3.05) is 11.4 Å². The van der Waals surface area contributed by atoms with Crippen LogP contribution in [0.4, 0.5) is 11.4 Å². The number of nitrogens with zero attached hydrogens (tertiary/aromatic N) is 2. The summed E-state index contributed by atoms with van der Waals surface area (Å²) in [5.74, 6) is -0.329. The van der Waals surface area contributed by atoms with Gasteiger partial charge in [0.1, 0.15) is 6.04 Å². The molecule has 3 rings (SSSR count). The van der Waals surface area contributed by atoms with Crippen LogP contribution in [0, 0.1) is 22.0 Å². The van der Waals surface area contributed by atoms with Gasteiger partial charge in [0.15, 0.2) is 0 Å². The summed E-state index contributed by atoms with van der Waals surface area (Å²) in [7, 11) is 0. The van der Waals surface area contributed by atoms with Gasteiger partial charge in [-0.1, -0.05) is 18.0 Å². The van der Waals surface area contributed by atoms with Crippen LogP contribution < -0.4 is 4.90 Å². The van der Waals surface area contributed by atoms with E-state index in [0.29, 0.717) is 18.2 Å². The van der Waals surface area contributed by atoms with Crippen molar-refractivity contribution in [3.63, 3.8) is 0 Å². The van der Waals surface area contributed by atoms with Gasteiger partial charge in [-0.05, 0) is 30.7 Å². The van der Waals surface area contributed by atoms with E-state index >= 15 is 0 Å². The molecular formula is C14H15ClN2O4. The molecule has 2 fully saturated rings. The minimum absolute atomic E-state index is 0.0879. The van der Waals surface area contributed by atoms with Crippen LogP contribution in [0.15, 0.2) is 18.2 Å². The maximum absolute atomic E-state index is 11.6. The van der Waals surface area contributed by atoms with Crippen molar-refractivity contribution < 1.29 is 14.8 Å². The number of benzene rings is 1. The van der Waals surface area contributed by atoms with Crippen LogP contribution in [0.25, 0.3) is 0 Å². The first-order valence-electron chi connectivity index (χ1n) is 6.92. The molecule has 3 unspecified atom stereocenters. The maximum Gasteiger partial charge on any atom is 0.326 e. The number of hydrogen-bond donors (Lipinski definition) is 1. The molecule has 6 nitrogen and oxygen atoms in total. The lowest BCUT2D eigenvalue weighted by atomic mass is 9.94. The number of nitro groups is 1. The van der Waals surface area contributed by atoms with Crippen LogP contribution in [0.3, 0.4) is 0 Å². The van der Waals surface area contributed by atoms with Gasteiger partial charge < -0.3 is 10.0 Å². The Morgan fingerprint density at radius 2 is 2.19 bits per heavy atom. The Bertz CT molecular complexity index is 607. The van der Waals surface area contributed by atoms with E-state index in [1.165, 1.54) is 12.1 Å². The van der Waals surface area contributed by atoms with Crippen molar-refractivity contribution in [2.24, 2.45) is 11.8 Å². The fourth-order valence-corrected chi connectivity index (χ4v) is 4.00. The van der Waals surface area contributed by atoms with Crippen molar-refractivity contribution in [1.82, 2.24) is 0 Å². The average molecular weight is 311 g/mol. The van der Waals surface area contributed by atoms with E-state index in [4.69, 9.17) is 11.6 Å². The molecule has 1 saturated carbocycles. The molecule has 112 valence electrons. The second-order valence-electron chi connectivity index (χ2n) is 5.68. The average Bonchev–Trinajstić information content (AvgIpc) is 2.97. The number of hydrogen-bond acceptors (Lipinski definition) is 4. The highest BCUT2D eigenvalue weighted by atomic mass is 35.5. The van der Waals surface area contributed by atoms with E-state index < -0.39 is 16.9 Å². The van der Waals surface area contributed by atoms with Gasteiger partial charge in [-0.2, -0.15) is 0 Å². The van der Waals surface area contributed by atoms with Crippen molar-refractivity contribution >= 4 is 28.9 Å². The van der Waals surface area contributed by atoms with E-state index in [1.54, 1.807) is 11.0 Å². The van der Waals surface area contributed by atoms with Crippen LogP contribution in [-0.4, -0.2) is 28.6 Å². The Kier molecular flexibility index (Phi) is 3.49. The molecule has 7 heteroatoms. The molecule has 0 radical (unpaired) electrons. The van der Waals surface area contributed by atoms with Gasteiger partial charge in [-0.15, -0.1) is 0 Å². The maximum atomic E-state index is 11.6. The Hall–Kier alpha value is -1.82. The fourth-order valence-electron chi connectivity index (χ4n) is 3.71. The van der Waals surface area contributed by atoms with E-state index in [-0.39, 0.29) is 16.6 Å². The van der Waals surface area contributed by atoms with Crippen LogP contribution in [0.2, 0.25) is 5.02 Å². The number of fused-ring (bicyclic) bond motifs is 1. The molecule has 3 atom stereocenters. The minimum atomic E-state index is -0.848. The van der Waals surface area contributed by atoms with Gasteiger partial charge in [0.05, 0.1) is 15.6 Å². The van der Waals surface area contributed by atoms with E-state index in [0.717, 1.165) is 19.3 Å². The topological polar surface area (TPSA) is 83.7 Å². The molecule has 1 aliphatic heterocycles. The third-order valence-electron chi connectivity index (χ3n) is 4.59. The Labute approximate surface area is 126 Å². The van der Waals surface area contributed by atoms with E-state index in [1.807, 2.05) is 0 Å². The quantitative estimate of drug-likeness (QED) is 0.685. The van der Waals surface area contributed by atoms with E-state index in [2.05, 4.69) is 0 Å². The largest absolute Gasteiger partial charge is 0.480 e. The lowest BCUT2D eigenvalue weighted by Crippen LogP contribution is -2.39. The highest BCUT2D eigenvalue weighted by Gasteiger charge is 2.48. The number of anilines is 1. The molecule has 2 aliphatic rings. The molecule has 0 spiro atoms. The normalized spacial score (nSPS) is 27.7. The van der Waals surface area contributed by atoms with Crippen molar-refractivity contribution in [2.45, 2.75) is 25.3 Å². The molecule has 21 heavy (non-hydrogen) atoms. The molecule has 0 aromatic heterocycles. The molecule has 1 heterocycles. The molecule has 1 aromatic rings. The number of carboxylic acids is 1. The minimum Gasteiger partial charge on any atom is -0.480 e. The number of rotatable bonds is 3. The highest BCUT2D eigenvalue weighted by Crippen LogP contribution is 2.45. The van der Waals surface area contributed by atoms with Crippen LogP contribution in [0.1, 0.15) is 19.3 Å².